The van der Waals surface area contributed by atoms with Gasteiger partial charge in [-0.2, -0.15) is 0 Å². The van der Waals surface area contributed by atoms with Gasteiger partial charge in [-0.15, -0.1) is 0 Å². The minimum atomic E-state index is 0.232. The van der Waals surface area contributed by atoms with Crippen molar-refractivity contribution in [2.45, 2.75) is 0 Å². The summed E-state index contributed by atoms with van der Waals surface area (Å²) in [6, 6.07) is 43.4. The van der Waals surface area contributed by atoms with Gasteiger partial charge in [0.25, 0.3) is 0 Å². The van der Waals surface area contributed by atoms with Crippen molar-refractivity contribution in [3.8, 4) is 67.5 Å². The SMILES string of the molecule is Clc1nc(-c2ccccc2)cc(-c2ccc(-c3ccc4c5c([nH]c4c3)-c3ccccc3Oc3ccccc3-5)cc2)n1. The Labute approximate surface area is 241 Å². The molecular weight excluding hydrogens is 526 g/mol. The van der Waals surface area contributed by atoms with Crippen LogP contribution in [0, 0.1) is 0 Å². The molecule has 0 radical (unpaired) electrons. The van der Waals surface area contributed by atoms with Crippen LogP contribution in [0.5, 0.6) is 11.5 Å². The third-order valence-corrected chi connectivity index (χ3v) is 7.78. The van der Waals surface area contributed by atoms with Crippen molar-refractivity contribution in [1.82, 2.24) is 15.0 Å². The quantitative estimate of drug-likeness (QED) is 0.224. The van der Waals surface area contributed by atoms with Crippen LogP contribution in [0.15, 0.2) is 127 Å². The summed E-state index contributed by atoms with van der Waals surface area (Å²) >= 11 is 6.32. The van der Waals surface area contributed by atoms with E-state index in [0.717, 1.165) is 78.4 Å². The predicted octanol–water partition coefficient (Wildman–Crippen LogP) is 10.1. The Bertz CT molecular complexity index is 2080. The number of benzene rings is 5. The van der Waals surface area contributed by atoms with Crippen LogP contribution in [0.25, 0.3) is 66.9 Å². The second-order valence-corrected chi connectivity index (χ2v) is 10.4. The zero-order chi connectivity index (χ0) is 27.3. The molecule has 0 aliphatic carbocycles. The Kier molecular flexibility index (Phi) is 5.47. The van der Waals surface area contributed by atoms with Gasteiger partial charge in [0.15, 0.2) is 0 Å². The van der Waals surface area contributed by atoms with E-state index in [2.05, 4.69) is 75.6 Å². The van der Waals surface area contributed by atoms with Gasteiger partial charge in [0, 0.05) is 38.7 Å². The van der Waals surface area contributed by atoms with Gasteiger partial charge in [0.1, 0.15) is 11.5 Å². The molecule has 1 N–H and O–H groups in total. The van der Waals surface area contributed by atoms with Gasteiger partial charge < -0.3 is 9.72 Å². The Morgan fingerprint density at radius 1 is 0.537 bits per heavy atom. The Morgan fingerprint density at radius 2 is 1.12 bits per heavy atom. The fourth-order valence-corrected chi connectivity index (χ4v) is 5.84. The van der Waals surface area contributed by atoms with Gasteiger partial charge in [-0.05, 0) is 53.1 Å². The monoisotopic (exact) mass is 547 g/mol. The van der Waals surface area contributed by atoms with E-state index in [4.69, 9.17) is 16.3 Å². The molecule has 8 rings (SSSR count). The molecule has 0 spiro atoms. The van der Waals surface area contributed by atoms with E-state index in [1.54, 1.807) is 0 Å². The Morgan fingerprint density at radius 3 is 1.88 bits per heavy atom. The smallest absolute Gasteiger partial charge is 0.223 e. The molecule has 2 aromatic heterocycles. The van der Waals surface area contributed by atoms with Crippen molar-refractivity contribution in [1.29, 1.82) is 0 Å². The summed E-state index contributed by atoms with van der Waals surface area (Å²) < 4.78 is 6.34. The number of para-hydroxylation sites is 2. The molecule has 0 atom stereocenters. The first-order chi connectivity index (χ1) is 20.2. The van der Waals surface area contributed by atoms with Crippen LogP contribution >= 0.6 is 11.6 Å². The van der Waals surface area contributed by atoms with Crippen LogP contribution in [0.2, 0.25) is 5.28 Å². The molecule has 1 aliphatic heterocycles. The van der Waals surface area contributed by atoms with Gasteiger partial charge in [-0.1, -0.05) is 97.1 Å². The number of hydrogen-bond acceptors (Lipinski definition) is 3. The number of H-pyrrole nitrogens is 1. The van der Waals surface area contributed by atoms with Crippen LogP contribution in [0.4, 0.5) is 0 Å². The lowest BCUT2D eigenvalue weighted by Gasteiger charge is -2.09. The topological polar surface area (TPSA) is 50.8 Å². The largest absolute Gasteiger partial charge is 0.456 e. The number of aromatic amines is 1. The molecule has 0 unspecified atom stereocenters. The average Bonchev–Trinajstić information content (AvgIpc) is 3.34. The maximum atomic E-state index is 6.34. The molecule has 0 amide bonds. The summed E-state index contributed by atoms with van der Waals surface area (Å²) in [6.45, 7) is 0. The number of nitrogens with zero attached hydrogens (tertiary/aromatic N) is 2. The molecule has 194 valence electrons. The van der Waals surface area contributed by atoms with Crippen molar-refractivity contribution < 1.29 is 4.74 Å². The molecule has 5 aromatic carbocycles. The fourth-order valence-electron chi connectivity index (χ4n) is 5.66. The van der Waals surface area contributed by atoms with Crippen molar-refractivity contribution >= 4 is 22.5 Å². The first-order valence-electron chi connectivity index (χ1n) is 13.4. The van der Waals surface area contributed by atoms with Crippen molar-refractivity contribution in [2.24, 2.45) is 0 Å². The van der Waals surface area contributed by atoms with Crippen LogP contribution in [0.3, 0.4) is 0 Å². The normalized spacial score (nSPS) is 11.7. The molecule has 0 saturated carbocycles. The van der Waals surface area contributed by atoms with Crippen molar-refractivity contribution in [3.05, 3.63) is 133 Å². The van der Waals surface area contributed by atoms with E-state index in [9.17, 15) is 0 Å². The Hall–Kier alpha value is -5.19. The molecule has 3 heterocycles. The summed E-state index contributed by atoms with van der Waals surface area (Å²) in [6.07, 6.45) is 0. The molecule has 1 aliphatic rings. The summed E-state index contributed by atoms with van der Waals surface area (Å²) in [5, 5.41) is 1.40. The molecule has 0 fully saturated rings. The predicted molar refractivity (Wildman–Crippen MR) is 166 cm³/mol. The maximum Gasteiger partial charge on any atom is 0.223 e. The van der Waals surface area contributed by atoms with Crippen molar-refractivity contribution in [3.63, 3.8) is 0 Å². The van der Waals surface area contributed by atoms with E-state index in [1.165, 1.54) is 0 Å². The lowest BCUT2D eigenvalue weighted by Crippen LogP contribution is -1.92. The molecule has 4 nitrogen and oxygen atoms in total. The highest BCUT2D eigenvalue weighted by Crippen LogP contribution is 2.49. The summed E-state index contributed by atoms with van der Waals surface area (Å²) in [4.78, 5) is 12.6. The zero-order valence-electron chi connectivity index (χ0n) is 21.8. The highest BCUT2D eigenvalue weighted by molar-refractivity contribution is 6.28. The lowest BCUT2D eigenvalue weighted by molar-refractivity contribution is 0.487. The molecular formula is C36H22ClN3O. The summed E-state index contributed by atoms with van der Waals surface area (Å²) in [5.74, 6) is 1.71. The van der Waals surface area contributed by atoms with Gasteiger partial charge >= 0.3 is 0 Å². The first-order valence-corrected chi connectivity index (χ1v) is 13.8. The number of halogens is 1. The number of aromatic nitrogens is 3. The van der Waals surface area contributed by atoms with Gasteiger partial charge in [-0.3, -0.25) is 0 Å². The van der Waals surface area contributed by atoms with Gasteiger partial charge in [-0.25, -0.2) is 9.97 Å². The number of nitrogens with one attached hydrogen (secondary N) is 1. The van der Waals surface area contributed by atoms with Crippen molar-refractivity contribution in [2.75, 3.05) is 0 Å². The average molecular weight is 548 g/mol. The number of fused-ring (bicyclic) bond motifs is 7. The summed E-state index contributed by atoms with van der Waals surface area (Å²) in [5.41, 5.74) is 11.3. The van der Waals surface area contributed by atoms with Crippen LogP contribution in [0.1, 0.15) is 0 Å². The molecule has 0 bridgehead atoms. The highest BCUT2D eigenvalue weighted by atomic mass is 35.5. The van der Waals surface area contributed by atoms with Crippen LogP contribution in [-0.4, -0.2) is 15.0 Å². The zero-order valence-corrected chi connectivity index (χ0v) is 22.6. The lowest BCUT2D eigenvalue weighted by atomic mass is 9.96. The molecule has 5 heteroatoms. The maximum absolute atomic E-state index is 6.34. The second-order valence-electron chi connectivity index (χ2n) is 10.1. The third kappa shape index (κ3) is 4.08. The minimum absolute atomic E-state index is 0.232. The number of hydrogen-bond donors (Lipinski definition) is 1. The fraction of sp³-hybridized carbons (Fsp3) is 0. The second kappa shape index (κ2) is 9.47. The van der Waals surface area contributed by atoms with E-state index in [0.29, 0.717) is 0 Å². The first kappa shape index (κ1) is 23.7. The van der Waals surface area contributed by atoms with Gasteiger partial charge in [0.05, 0.1) is 17.1 Å². The number of ether oxygens (including phenoxy) is 1. The third-order valence-electron chi connectivity index (χ3n) is 7.61. The standard InChI is InChI=1S/C36H22ClN3O/c37-36-39-29(23-8-2-1-3-9-23)21-30(40-36)24-16-14-22(15-17-24)25-18-19-26-31(20-25)38-35-28-11-5-7-13-33(28)41-32-12-6-4-10-27(32)34(26)35/h1-21,38H. The molecule has 0 saturated heterocycles. The van der Waals surface area contributed by atoms with E-state index in [1.807, 2.05) is 66.7 Å². The number of rotatable bonds is 3. The molecule has 7 aromatic rings. The Balaban J connectivity index is 1.20. The van der Waals surface area contributed by atoms with E-state index in [-0.39, 0.29) is 5.28 Å². The van der Waals surface area contributed by atoms with E-state index < -0.39 is 0 Å². The van der Waals surface area contributed by atoms with Gasteiger partial charge in [0.2, 0.25) is 5.28 Å². The van der Waals surface area contributed by atoms with Crippen LogP contribution in [-0.2, 0) is 0 Å². The highest BCUT2D eigenvalue weighted by Gasteiger charge is 2.24. The molecule has 41 heavy (non-hydrogen) atoms. The minimum Gasteiger partial charge on any atom is -0.456 e. The summed E-state index contributed by atoms with van der Waals surface area (Å²) in [7, 11) is 0. The van der Waals surface area contributed by atoms with E-state index >= 15 is 0 Å². The van der Waals surface area contributed by atoms with Crippen LogP contribution < -0.4 is 4.74 Å².